The first-order valence-corrected chi connectivity index (χ1v) is 5.72. The molecule has 0 saturated carbocycles. The second kappa shape index (κ2) is 5.25. The molecule has 0 atom stereocenters. The average Bonchev–Trinajstić information content (AvgIpc) is 2.34. The van der Waals surface area contributed by atoms with E-state index in [9.17, 15) is 9.90 Å². The minimum absolute atomic E-state index is 0.0835. The number of nitrogens with zero attached hydrogens (tertiary/aromatic N) is 1. The number of aromatic nitrogens is 1. The van der Waals surface area contributed by atoms with Gasteiger partial charge in [0.15, 0.2) is 0 Å². The van der Waals surface area contributed by atoms with Gasteiger partial charge in [-0.25, -0.2) is 0 Å². The molecule has 1 heterocycles. The SMILES string of the molecule is O=C(Nc1cc(Cl)ccc1Cl)c1cncc(O)c1. The third kappa shape index (κ3) is 2.91. The van der Waals surface area contributed by atoms with E-state index in [4.69, 9.17) is 23.2 Å². The van der Waals surface area contributed by atoms with Crippen molar-refractivity contribution in [2.24, 2.45) is 0 Å². The summed E-state index contributed by atoms with van der Waals surface area (Å²) in [5.74, 6) is -0.512. The summed E-state index contributed by atoms with van der Waals surface area (Å²) in [5.41, 5.74) is 0.628. The Balaban J connectivity index is 2.24. The van der Waals surface area contributed by atoms with Crippen molar-refractivity contribution in [3.63, 3.8) is 0 Å². The van der Waals surface area contributed by atoms with Gasteiger partial charge in [-0.05, 0) is 24.3 Å². The highest BCUT2D eigenvalue weighted by Gasteiger charge is 2.10. The number of halogens is 2. The van der Waals surface area contributed by atoms with Crippen LogP contribution in [0.5, 0.6) is 5.75 Å². The highest BCUT2D eigenvalue weighted by atomic mass is 35.5. The van der Waals surface area contributed by atoms with Gasteiger partial charge < -0.3 is 10.4 Å². The molecule has 0 radical (unpaired) electrons. The quantitative estimate of drug-likeness (QED) is 0.888. The maximum Gasteiger partial charge on any atom is 0.257 e. The van der Waals surface area contributed by atoms with Crippen LogP contribution in [0.25, 0.3) is 0 Å². The number of amides is 1. The van der Waals surface area contributed by atoms with Crippen LogP contribution in [0.1, 0.15) is 10.4 Å². The molecule has 0 aliphatic carbocycles. The first kappa shape index (κ1) is 12.7. The number of hydrogen-bond acceptors (Lipinski definition) is 3. The van der Waals surface area contributed by atoms with E-state index in [1.807, 2.05) is 0 Å². The molecule has 0 unspecified atom stereocenters. The van der Waals surface area contributed by atoms with Crippen molar-refractivity contribution in [3.05, 3.63) is 52.3 Å². The summed E-state index contributed by atoms with van der Waals surface area (Å²) in [5, 5.41) is 12.7. The van der Waals surface area contributed by atoms with Crippen LogP contribution >= 0.6 is 23.2 Å². The number of hydrogen-bond donors (Lipinski definition) is 2. The van der Waals surface area contributed by atoms with Gasteiger partial charge in [0.2, 0.25) is 0 Å². The molecular formula is C12H8Cl2N2O2. The molecule has 18 heavy (non-hydrogen) atoms. The summed E-state index contributed by atoms with van der Waals surface area (Å²) in [6.45, 7) is 0. The van der Waals surface area contributed by atoms with Crippen LogP contribution in [-0.4, -0.2) is 16.0 Å². The van der Waals surface area contributed by atoms with Crippen LogP contribution in [0, 0.1) is 0 Å². The van der Waals surface area contributed by atoms with Crippen molar-refractivity contribution in [1.82, 2.24) is 4.98 Å². The molecule has 0 spiro atoms. The Kier molecular flexibility index (Phi) is 3.69. The Bertz CT molecular complexity index is 602. The molecule has 0 aliphatic rings. The van der Waals surface area contributed by atoms with Crippen LogP contribution in [0.4, 0.5) is 5.69 Å². The van der Waals surface area contributed by atoms with Gasteiger partial charge in [0, 0.05) is 11.2 Å². The van der Waals surface area contributed by atoms with E-state index < -0.39 is 5.91 Å². The number of carbonyl (C=O) groups is 1. The lowest BCUT2D eigenvalue weighted by Crippen LogP contribution is -2.12. The Labute approximate surface area is 113 Å². The molecule has 0 bridgehead atoms. The van der Waals surface area contributed by atoms with E-state index in [-0.39, 0.29) is 11.3 Å². The average molecular weight is 283 g/mol. The van der Waals surface area contributed by atoms with E-state index in [2.05, 4.69) is 10.3 Å². The normalized spacial score (nSPS) is 10.1. The summed E-state index contributed by atoms with van der Waals surface area (Å²) < 4.78 is 0. The number of aromatic hydroxyl groups is 1. The smallest absolute Gasteiger partial charge is 0.257 e. The minimum atomic E-state index is -0.428. The van der Waals surface area contributed by atoms with Crippen LogP contribution < -0.4 is 5.32 Å². The molecular weight excluding hydrogens is 275 g/mol. The fraction of sp³-hybridized carbons (Fsp3) is 0. The molecule has 2 rings (SSSR count). The number of benzene rings is 1. The van der Waals surface area contributed by atoms with Crippen molar-refractivity contribution in [2.75, 3.05) is 5.32 Å². The first-order chi connectivity index (χ1) is 8.56. The third-order valence-electron chi connectivity index (χ3n) is 2.16. The van der Waals surface area contributed by atoms with E-state index in [1.165, 1.54) is 24.5 Å². The van der Waals surface area contributed by atoms with Gasteiger partial charge in [-0.2, -0.15) is 0 Å². The molecule has 92 valence electrons. The van der Waals surface area contributed by atoms with Crippen molar-refractivity contribution in [1.29, 1.82) is 0 Å². The number of rotatable bonds is 2. The van der Waals surface area contributed by atoms with Crippen molar-refractivity contribution >= 4 is 34.8 Å². The van der Waals surface area contributed by atoms with Crippen LogP contribution in [0.2, 0.25) is 10.0 Å². The largest absolute Gasteiger partial charge is 0.506 e. The molecule has 0 saturated heterocycles. The maximum atomic E-state index is 11.9. The number of nitrogens with one attached hydrogen (secondary N) is 1. The highest BCUT2D eigenvalue weighted by Crippen LogP contribution is 2.26. The summed E-state index contributed by atoms with van der Waals surface area (Å²) in [7, 11) is 0. The predicted octanol–water partition coefficient (Wildman–Crippen LogP) is 3.35. The molecule has 0 aliphatic heterocycles. The van der Waals surface area contributed by atoms with E-state index >= 15 is 0 Å². The zero-order valence-corrected chi connectivity index (χ0v) is 10.5. The zero-order valence-electron chi connectivity index (χ0n) is 9.02. The molecule has 1 aromatic heterocycles. The minimum Gasteiger partial charge on any atom is -0.506 e. The zero-order chi connectivity index (χ0) is 13.1. The summed E-state index contributed by atoms with van der Waals surface area (Å²) in [4.78, 5) is 15.6. The molecule has 2 aromatic rings. The van der Waals surface area contributed by atoms with E-state index in [1.54, 1.807) is 12.1 Å². The lowest BCUT2D eigenvalue weighted by Gasteiger charge is -2.07. The third-order valence-corrected chi connectivity index (χ3v) is 2.73. The van der Waals surface area contributed by atoms with Gasteiger partial charge in [0.25, 0.3) is 5.91 Å². The van der Waals surface area contributed by atoms with Gasteiger partial charge in [-0.3, -0.25) is 9.78 Å². The first-order valence-electron chi connectivity index (χ1n) is 4.96. The van der Waals surface area contributed by atoms with E-state index in [0.717, 1.165) is 0 Å². The highest BCUT2D eigenvalue weighted by molar-refractivity contribution is 6.35. The number of carbonyl (C=O) groups excluding carboxylic acids is 1. The Morgan fingerprint density at radius 1 is 1.22 bits per heavy atom. The second-order valence-electron chi connectivity index (χ2n) is 3.51. The van der Waals surface area contributed by atoms with Gasteiger partial charge >= 0.3 is 0 Å². The lowest BCUT2D eigenvalue weighted by atomic mass is 10.2. The Hall–Kier alpha value is -1.78. The molecule has 1 aromatic carbocycles. The van der Waals surface area contributed by atoms with Crippen molar-refractivity contribution in [2.45, 2.75) is 0 Å². The van der Waals surface area contributed by atoms with E-state index in [0.29, 0.717) is 15.7 Å². The predicted molar refractivity (Wildman–Crippen MR) is 70.3 cm³/mol. The molecule has 4 nitrogen and oxygen atoms in total. The maximum absolute atomic E-state index is 11.9. The number of pyridine rings is 1. The lowest BCUT2D eigenvalue weighted by molar-refractivity contribution is 0.102. The van der Waals surface area contributed by atoms with Crippen LogP contribution in [0.15, 0.2) is 36.7 Å². The Morgan fingerprint density at radius 2 is 2.00 bits per heavy atom. The molecule has 6 heteroatoms. The number of anilines is 1. The van der Waals surface area contributed by atoms with Gasteiger partial charge in [-0.1, -0.05) is 23.2 Å². The monoisotopic (exact) mass is 282 g/mol. The van der Waals surface area contributed by atoms with Crippen LogP contribution in [-0.2, 0) is 0 Å². The standard InChI is InChI=1S/C12H8Cl2N2O2/c13-8-1-2-10(14)11(4-8)16-12(18)7-3-9(17)6-15-5-7/h1-6,17H,(H,16,18). The fourth-order valence-electron chi connectivity index (χ4n) is 1.34. The van der Waals surface area contributed by atoms with Gasteiger partial charge in [-0.15, -0.1) is 0 Å². The topological polar surface area (TPSA) is 62.2 Å². The fourth-order valence-corrected chi connectivity index (χ4v) is 1.68. The second-order valence-corrected chi connectivity index (χ2v) is 4.35. The van der Waals surface area contributed by atoms with Gasteiger partial charge in [0.05, 0.1) is 22.5 Å². The molecule has 1 amide bonds. The van der Waals surface area contributed by atoms with Crippen molar-refractivity contribution < 1.29 is 9.90 Å². The van der Waals surface area contributed by atoms with Gasteiger partial charge in [0.1, 0.15) is 5.75 Å². The molecule has 0 fully saturated rings. The summed E-state index contributed by atoms with van der Waals surface area (Å²) in [6, 6.07) is 6.05. The molecule has 2 N–H and O–H groups in total. The van der Waals surface area contributed by atoms with Crippen LogP contribution in [0.3, 0.4) is 0 Å². The summed E-state index contributed by atoms with van der Waals surface area (Å²) in [6.07, 6.45) is 2.58. The Morgan fingerprint density at radius 3 is 2.72 bits per heavy atom. The van der Waals surface area contributed by atoms with Crippen molar-refractivity contribution in [3.8, 4) is 5.75 Å². The summed E-state index contributed by atoms with van der Waals surface area (Å²) >= 11 is 11.7.